The van der Waals surface area contributed by atoms with Gasteiger partial charge in [0.25, 0.3) is 0 Å². The number of carbonyl (C=O) groups excluding carboxylic acids is 1. The van der Waals surface area contributed by atoms with Gasteiger partial charge in [-0.3, -0.25) is 4.79 Å². The summed E-state index contributed by atoms with van der Waals surface area (Å²) >= 11 is 0. The van der Waals surface area contributed by atoms with Gasteiger partial charge in [-0.1, -0.05) is 12.1 Å². The number of hydrogen-bond donors (Lipinski definition) is 0. The molecule has 0 bridgehead atoms. The molecule has 0 aliphatic carbocycles. The SMILES string of the molecule is CC1CN(c2ccccc2C=O)CCCO1. The van der Waals surface area contributed by atoms with Crippen molar-refractivity contribution in [3.05, 3.63) is 29.8 Å². The van der Waals surface area contributed by atoms with Crippen molar-refractivity contribution < 1.29 is 9.53 Å². The molecule has 1 aromatic rings. The van der Waals surface area contributed by atoms with E-state index < -0.39 is 0 Å². The average Bonchev–Trinajstić information content (AvgIpc) is 2.54. The fraction of sp³-hybridized carbons (Fsp3) is 0.462. The number of para-hydroxylation sites is 1. The van der Waals surface area contributed by atoms with Crippen LogP contribution in [-0.4, -0.2) is 32.1 Å². The molecule has 1 atom stereocenters. The fourth-order valence-electron chi connectivity index (χ4n) is 2.09. The lowest BCUT2D eigenvalue weighted by atomic mass is 10.1. The quantitative estimate of drug-likeness (QED) is 0.713. The van der Waals surface area contributed by atoms with Gasteiger partial charge in [-0.15, -0.1) is 0 Å². The summed E-state index contributed by atoms with van der Waals surface area (Å²) in [4.78, 5) is 13.2. The molecule has 1 heterocycles. The maximum absolute atomic E-state index is 11.0. The molecule has 1 aliphatic rings. The van der Waals surface area contributed by atoms with Gasteiger partial charge in [-0.2, -0.15) is 0 Å². The Morgan fingerprint density at radius 2 is 2.25 bits per heavy atom. The summed E-state index contributed by atoms with van der Waals surface area (Å²) in [6.45, 7) is 4.68. The average molecular weight is 219 g/mol. The lowest BCUT2D eigenvalue weighted by Crippen LogP contribution is -2.30. The van der Waals surface area contributed by atoms with Gasteiger partial charge in [0, 0.05) is 30.9 Å². The molecule has 0 aromatic heterocycles. The Balaban J connectivity index is 2.24. The molecule has 1 aromatic carbocycles. The Bertz CT molecular complexity index is 365. The smallest absolute Gasteiger partial charge is 0.152 e. The van der Waals surface area contributed by atoms with E-state index in [-0.39, 0.29) is 6.10 Å². The van der Waals surface area contributed by atoms with Gasteiger partial charge in [0.15, 0.2) is 6.29 Å². The lowest BCUT2D eigenvalue weighted by molar-refractivity contribution is 0.0820. The molecule has 0 spiro atoms. The van der Waals surface area contributed by atoms with Crippen LogP contribution in [0.5, 0.6) is 0 Å². The van der Waals surface area contributed by atoms with Crippen molar-refractivity contribution in [1.29, 1.82) is 0 Å². The molecule has 0 saturated carbocycles. The summed E-state index contributed by atoms with van der Waals surface area (Å²) < 4.78 is 5.60. The first-order valence-corrected chi connectivity index (χ1v) is 5.72. The van der Waals surface area contributed by atoms with Crippen molar-refractivity contribution in [3.63, 3.8) is 0 Å². The van der Waals surface area contributed by atoms with E-state index in [1.54, 1.807) is 0 Å². The second-order valence-electron chi connectivity index (χ2n) is 4.16. The zero-order chi connectivity index (χ0) is 11.4. The first kappa shape index (κ1) is 11.1. The third-order valence-corrected chi connectivity index (χ3v) is 2.86. The summed E-state index contributed by atoms with van der Waals surface area (Å²) in [5, 5.41) is 0. The standard InChI is InChI=1S/C13H17NO2/c1-11-9-14(7-4-8-16-11)13-6-3-2-5-12(13)10-15/h2-3,5-6,10-11H,4,7-9H2,1H3. The van der Waals surface area contributed by atoms with Crippen LogP contribution in [0.15, 0.2) is 24.3 Å². The van der Waals surface area contributed by atoms with E-state index in [0.717, 1.165) is 43.7 Å². The number of rotatable bonds is 2. The van der Waals surface area contributed by atoms with E-state index >= 15 is 0 Å². The van der Waals surface area contributed by atoms with E-state index in [1.807, 2.05) is 24.3 Å². The van der Waals surface area contributed by atoms with Crippen LogP contribution in [0.2, 0.25) is 0 Å². The van der Waals surface area contributed by atoms with E-state index in [1.165, 1.54) is 0 Å². The first-order valence-electron chi connectivity index (χ1n) is 5.72. The minimum atomic E-state index is 0.224. The predicted octanol–water partition coefficient (Wildman–Crippen LogP) is 2.11. The first-order chi connectivity index (χ1) is 7.81. The van der Waals surface area contributed by atoms with Crippen molar-refractivity contribution in [2.45, 2.75) is 19.4 Å². The molecule has 1 unspecified atom stereocenters. The van der Waals surface area contributed by atoms with Crippen LogP contribution in [-0.2, 0) is 4.74 Å². The zero-order valence-corrected chi connectivity index (χ0v) is 9.56. The highest BCUT2D eigenvalue weighted by molar-refractivity contribution is 5.84. The van der Waals surface area contributed by atoms with Gasteiger partial charge in [0.1, 0.15) is 0 Å². The number of anilines is 1. The second kappa shape index (κ2) is 5.12. The normalized spacial score (nSPS) is 21.6. The largest absolute Gasteiger partial charge is 0.377 e. The van der Waals surface area contributed by atoms with Gasteiger partial charge in [0.05, 0.1) is 6.10 Å². The van der Waals surface area contributed by atoms with Gasteiger partial charge in [-0.25, -0.2) is 0 Å². The minimum absolute atomic E-state index is 0.224. The molecule has 16 heavy (non-hydrogen) atoms. The third-order valence-electron chi connectivity index (χ3n) is 2.86. The summed E-state index contributed by atoms with van der Waals surface area (Å²) in [6.07, 6.45) is 2.16. The molecule has 0 N–H and O–H groups in total. The third kappa shape index (κ3) is 2.42. The van der Waals surface area contributed by atoms with Crippen LogP contribution in [0.1, 0.15) is 23.7 Å². The maximum atomic E-state index is 11.0. The van der Waals surface area contributed by atoms with E-state index in [2.05, 4.69) is 11.8 Å². The van der Waals surface area contributed by atoms with Crippen LogP contribution in [0, 0.1) is 0 Å². The van der Waals surface area contributed by atoms with Gasteiger partial charge >= 0.3 is 0 Å². The van der Waals surface area contributed by atoms with Crippen LogP contribution in [0.4, 0.5) is 5.69 Å². The molecule has 1 aliphatic heterocycles. The van der Waals surface area contributed by atoms with Gasteiger partial charge in [-0.05, 0) is 25.5 Å². The molecule has 1 fully saturated rings. The highest BCUT2D eigenvalue weighted by Gasteiger charge is 2.17. The Labute approximate surface area is 96.0 Å². The number of aldehydes is 1. The van der Waals surface area contributed by atoms with Gasteiger partial charge < -0.3 is 9.64 Å². The lowest BCUT2D eigenvalue weighted by Gasteiger charge is -2.25. The van der Waals surface area contributed by atoms with E-state index in [0.29, 0.717) is 0 Å². The van der Waals surface area contributed by atoms with Crippen molar-refractivity contribution in [2.24, 2.45) is 0 Å². The monoisotopic (exact) mass is 219 g/mol. The van der Waals surface area contributed by atoms with E-state index in [9.17, 15) is 4.79 Å². The van der Waals surface area contributed by atoms with Gasteiger partial charge in [0.2, 0.25) is 0 Å². The number of ether oxygens (including phenoxy) is 1. The van der Waals surface area contributed by atoms with Crippen molar-refractivity contribution in [3.8, 4) is 0 Å². The molecular weight excluding hydrogens is 202 g/mol. The minimum Gasteiger partial charge on any atom is -0.377 e. The Morgan fingerprint density at radius 1 is 1.44 bits per heavy atom. The highest BCUT2D eigenvalue weighted by atomic mass is 16.5. The van der Waals surface area contributed by atoms with Crippen LogP contribution >= 0.6 is 0 Å². The molecule has 3 nitrogen and oxygen atoms in total. The molecule has 0 amide bonds. The molecule has 2 rings (SSSR count). The number of carbonyl (C=O) groups is 1. The van der Waals surface area contributed by atoms with Crippen molar-refractivity contribution in [1.82, 2.24) is 0 Å². The summed E-state index contributed by atoms with van der Waals surface area (Å²) in [7, 11) is 0. The second-order valence-corrected chi connectivity index (χ2v) is 4.16. The summed E-state index contributed by atoms with van der Waals surface area (Å²) in [5.41, 5.74) is 1.78. The van der Waals surface area contributed by atoms with Crippen LogP contribution < -0.4 is 4.90 Å². The van der Waals surface area contributed by atoms with Crippen LogP contribution in [0.3, 0.4) is 0 Å². The highest BCUT2D eigenvalue weighted by Crippen LogP contribution is 2.21. The topological polar surface area (TPSA) is 29.5 Å². The van der Waals surface area contributed by atoms with Crippen molar-refractivity contribution in [2.75, 3.05) is 24.6 Å². The maximum Gasteiger partial charge on any atom is 0.152 e. The molecule has 0 radical (unpaired) electrons. The van der Waals surface area contributed by atoms with Crippen LogP contribution in [0.25, 0.3) is 0 Å². The molecule has 86 valence electrons. The number of nitrogens with zero attached hydrogens (tertiary/aromatic N) is 1. The Morgan fingerprint density at radius 3 is 3.06 bits per heavy atom. The van der Waals surface area contributed by atoms with E-state index in [4.69, 9.17) is 4.74 Å². The molecule has 3 heteroatoms. The zero-order valence-electron chi connectivity index (χ0n) is 9.56. The fourth-order valence-corrected chi connectivity index (χ4v) is 2.09. The Hall–Kier alpha value is -1.35. The van der Waals surface area contributed by atoms with Crippen molar-refractivity contribution >= 4 is 12.0 Å². The molecule has 1 saturated heterocycles. The number of hydrogen-bond acceptors (Lipinski definition) is 3. The summed E-state index contributed by atoms with van der Waals surface area (Å²) in [6, 6.07) is 7.73. The summed E-state index contributed by atoms with van der Waals surface area (Å²) in [5.74, 6) is 0. The number of benzene rings is 1. The Kier molecular flexibility index (Phi) is 3.57. The predicted molar refractivity (Wildman–Crippen MR) is 64.1 cm³/mol. The molecular formula is C13H17NO2.